The van der Waals surface area contributed by atoms with Crippen LogP contribution in [0.4, 0.5) is 0 Å². The maximum absolute atomic E-state index is 10.0. The van der Waals surface area contributed by atoms with Gasteiger partial charge >= 0.3 is 0 Å². The van der Waals surface area contributed by atoms with Crippen LogP contribution in [0.2, 0.25) is 0 Å². The summed E-state index contributed by atoms with van der Waals surface area (Å²) in [4.78, 5) is 0. The number of hydrogen-bond acceptors (Lipinski definition) is 6. The molecule has 0 saturated heterocycles. The van der Waals surface area contributed by atoms with Crippen molar-refractivity contribution in [3.63, 3.8) is 0 Å². The van der Waals surface area contributed by atoms with E-state index in [1.54, 1.807) is 6.07 Å². The van der Waals surface area contributed by atoms with Crippen LogP contribution in [-0.2, 0) is 11.2 Å². The fourth-order valence-electron chi connectivity index (χ4n) is 3.50. The normalized spacial score (nSPS) is 13.2. The highest BCUT2D eigenvalue weighted by Crippen LogP contribution is 2.32. The second-order valence-corrected chi connectivity index (χ2v) is 7.64. The molecule has 0 saturated carbocycles. The first-order valence-electron chi connectivity index (χ1n) is 10.5. The van der Waals surface area contributed by atoms with E-state index in [4.69, 9.17) is 19.0 Å². The van der Waals surface area contributed by atoms with Gasteiger partial charge in [-0.25, -0.2) is 0 Å². The van der Waals surface area contributed by atoms with Gasteiger partial charge in [-0.3, -0.25) is 0 Å². The molecule has 0 spiro atoms. The molecule has 0 aliphatic heterocycles. The Kier molecular flexibility index (Phi) is 8.12. The molecule has 0 bridgehead atoms. The second kappa shape index (κ2) is 11.0. The smallest absolute Gasteiger partial charge is 0.138 e. The average Bonchev–Trinajstić information content (AvgIpc) is 3.17. The fraction of sp³-hybridized carbons (Fsp3) is 0.360. The minimum absolute atomic E-state index is 0.0542. The Morgan fingerprint density at radius 2 is 1.87 bits per heavy atom. The molecule has 1 heterocycles. The molecule has 3 rings (SSSR count). The molecule has 2 unspecified atom stereocenters. The van der Waals surface area contributed by atoms with E-state index in [2.05, 4.69) is 31.7 Å². The van der Waals surface area contributed by atoms with Gasteiger partial charge < -0.3 is 29.2 Å². The molecule has 0 amide bonds. The van der Waals surface area contributed by atoms with E-state index in [0.717, 1.165) is 35.1 Å². The third-order valence-electron chi connectivity index (χ3n) is 5.06. The zero-order valence-electron chi connectivity index (χ0n) is 17.8. The maximum atomic E-state index is 10.0. The summed E-state index contributed by atoms with van der Waals surface area (Å²) in [6.07, 6.45) is 1.40. The van der Waals surface area contributed by atoms with E-state index in [0.29, 0.717) is 11.3 Å². The number of furan rings is 1. The largest absolute Gasteiger partial charge is 0.499 e. The number of rotatable bonds is 12. The molecule has 6 heteroatoms. The lowest BCUT2D eigenvalue weighted by Gasteiger charge is -2.16. The van der Waals surface area contributed by atoms with Gasteiger partial charge in [0.1, 0.15) is 30.3 Å². The Morgan fingerprint density at radius 1 is 1.06 bits per heavy atom. The summed E-state index contributed by atoms with van der Waals surface area (Å²) >= 11 is 0. The Balaban J connectivity index is 1.65. The second-order valence-electron chi connectivity index (χ2n) is 7.64. The highest BCUT2D eigenvalue weighted by molar-refractivity contribution is 5.84. The molecule has 0 radical (unpaired) electrons. The number of aliphatic hydroxyl groups is 3. The van der Waals surface area contributed by atoms with E-state index in [9.17, 15) is 10.2 Å². The van der Waals surface area contributed by atoms with Gasteiger partial charge in [-0.05, 0) is 49.1 Å². The lowest BCUT2D eigenvalue weighted by Crippen LogP contribution is -2.26. The summed E-state index contributed by atoms with van der Waals surface area (Å²) < 4.78 is 16.7. The van der Waals surface area contributed by atoms with Crippen molar-refractivity contribution >= 4 is 11.0 Å². The van der Waals surface area contributed by atoms with Gasteiger partial charge in [0.15, 0.2) is 0 Å². The van der Waals surface area contributed by atoms with Crippen LogP contribution in [0, 0.1) is 6.92 Å². The van der Waals surface area contributed by atoms with E-state index in [1.165, 1.54) is 11.8 Å². The average molecular weight is 427 g/mol. The van der Waals surface area contributed by atoms with Gasteiger partial charge in [0.2, 0.25) is 0 Å². The molecule has 1 aromatic heterocycles. The number of hydrogen-bond donors (Lipinski definition) is 3. The molecule has 2 atom stereocenters. The Labute approximate surface area is 182 Å². The van der Waals surface area contributed by atoms with Crippen LogP contribution in [0.1, 0.15) is 24.0 Å². The van der Waals surface area contributed by atoms with Crippen molar-refractivity contribution in [3.8, 4) is 17.1 Å². The first kappa shape index (κ1) is 22.9. The highest BCUT2D eigenvalue weighted by Gasteiger charge is 2.14. The number of aliphatic hydroxyl groups excluding tert-OH is 3. The maximum Gasteiger partial charge on any atom is 0.138 e. The summed E-state index contributed by atoms with van der Waals surface area (Å²) in [7, 11) is 0. The van der Waals surface area contributed by atoms with Crippen molar-refractivity contribution < 1.29 is 29.2 Å². The van der Waals surface area contributed by atoms with Gasteiger partial charge in [0.25, 0.3) is 0 Å². The van der Waals surface area contributed by atoms with Crippen molar-refractivity contribution in [3.05, 3.63) is 66.4 Å². The number of ether oxygens (including phenoxy) is 2. The van der Waals surface area contributed by atoms with E-state index >= 15 is 0 Å². The number of aryl methyl sites for hydroxylation is 2. The lowest BCUT2D eigenvalue weighted by atomic mass is 10.0. The molecule has 6 nitrogen and oxygen atoms in total. The van der Waals surface area contributed by atoms with E-state index in [1.807, 2.05) is 18.2 Å². The number of fused-ring (bicyclic) bond motifs is 1. The first-order valence-corrected chi connectivity index (χ1v) is 10.5. The van der Waals surface area contributed by atoms with Crippen molar-refractivity contribution in [2.75, 3.05) is 19.8 Å². The topological polar surface area (TPSA) is 92.3 Å². The molecule has 0 aliphatic carbocycles. The molecule has 3 N–H and O–H groups in total. The molecule has 31 heavy (non-hydrogen) atoms. The lowest BCUT2D eigenvalue weighted by molar-refractivity contribution is 0.0194. The van der Waals surface area contributed by atoms with Crippen LogP contribution in [0.15, 0.2) is 59.7 Å². The molecular weight excluding hydrogens is 396 g/mol. The summed E-state index contributed by atoms with van der Waals surface area (Å²) in [5, 5.41) is 29.8. The van der Waals surface area contributed by atoms with E-state index in [-0.39, 0.29) is 26.2 Å². The zero-order chi connectivity index (χ0) is 22.2. The van der Waals surface area contributed by atoms with Crippen LogP contribution in [0.25, 0.3) is 22.3 Å². The summed E-state index contributed by atoms with van der Waals surface area (Å²) in [6, 6.07) is 13.8. The van der Waals surface area contributed by atoms with Crippen LogP contribution < -0.4 is 4.74 Å². The minimum Gasteiger partial charge on any atom is -0.499 e. The summed E-state index contributed by atoms with van der Waals surface area (Å²) in [6.45, 7) is 5.80. The Bertz CT molecular complexity index is 993. The highest BCUT2D eigenvalue weighted by atomic mass is 16.5. The van der Waals surface area contributed by atoms with Crippen LogP contribution in [0.5, 0.6) is 5.75 Å². The van der Waals surface area contributed by atoms with Gasteiger partial charge in [-0.2, -0.15) is 0 Å². The van der Waals surface area contributed by atoms with Gasteiger partial charge in [-0.15, -0.1) is 0 Å². The zero-order valence-corrected chi connectivity index (χ0v) is 17.8. The quantitative estimate of drug-likeness (QED) is 0.380. The molecule has 0 aliphatic rings. The minimum atomic E-state index is -0.821. The predicted octanol–water partition coefficient (Wildman–Crippen LogP) is 3.98. The van der Waals surface area contributed by atoms with Gasteiger partial charge in [0, 0.05) is 30.0 Å². The van der Waals surface area contributed by atoms with Crippen molar-refractivity contribution in [1.82, 2.24) is 0 Å². The van der Waals surface area contributed by atoms with Crippen molar-refractivity contribution in [2.24, 2.45) is 0 Å². The van der Waals surface area contributed by atoms with Gasteiger partial charge in [0.05, 0.1) is 18.5 Å². The molecule has 2 aromatic carbocycles. The van der Waals surface area contributed by atoms with Crippen molar-refractivity contribution in [1.29, 1.82) is 0 Å². The molecule has 166 valence electrons. The first-order chi connectivity index (χ1) is 15.0. The third-order valence-corrected chi connectivity index (χ3v) is 5.06. The monoisotopic (exact) mass is 426 g/mol. The van der Waals surface area contributed by atoms with E-state index < -0.39 is 12.2 Å². The summed E-state index contributed by atoms with van der Waals surface area (Å²) in [5.74, 6) is 1.36. The Hall–Kier alpha value is -2.80. The van der Waals surface area contributed by atoms with Crippen LogP contribution in [-0.4, -0.2) is 47.3 Å². The van der Waals surface area contributed by atoms with Gasteiger partial charge in [-0.1, -0.05) is 24.8 Å². The van der Waals surface area contributed by atoms with Crippen molar-refractivity contribution in [2.45, 2.75) is 38.4 Å². The van der Waals surface area contributed by atoms with Crippen LogP contribution >= 0.6 is 0 Å². The fourth-order valence-corrected chi connectivity index (χ4v) is 3.50. The predicted molar refractivity (Wildman–Crippen MR) is 120 cm³/mol. The third kappa shape index (κ3) is 6.34. The molecule has 3 aromatic rings. The number of benzene rings is 2. The Morgan fingerprint density at radius 3 is 2.61 bits per heavy atom. The standard InChI is InChI=1S/C25H30O6/c1-3-29-15-20(27)13-21(28)16-30-22-8-7-19-12-25(31-24(19)14-22)23-9-6-18(5-4-10-26)11-17(23)2/h3,6-9,11-12,14,20-21,26-28H,1,4-5,10,13,15-16H2,2H3. The SMILES string of the molecule is C=COCC(O)CC(O)COc1ccc2cc(-c3ccc(CCCO)cc3C)oc2c1. The molecule has 0 fully saturated rings. The van der Waals surface area contributed by atoms with Crippen LogP contribution in [0.3, 0.4) is 0 Å². The molecular formula is C25H30O6. The summed E-state index contributed by atoms with van der Waals surface area (Å²) in [5.41, 5.74) is 4.04.